The van der Waals surface area contributed by atoms with E-state index in [-0.39, 0.29) is 18.9 Å². The van der Waals surface area contributed by atoms with Crippen molar-refractivity contribution >= 4 is 40.7 Å². The molecular weight excluding hydrogens is 263 g/mol. The topological polar surface area (TPSA) is 63.4 Å². The maximum Gasteiger partial charge on any atom is 0.227 e. The molecule has 0 aliphatic carbocycles. The van der Waals surface area contributed by atoms with Crippen LogP contribution >= 0.6 is 23.2 Å². The van der Waals surface area contributed by atoms with E-state index in [4.69, 9.17) is 28.9 Å². The van der Waals surface area contributed by atoms with Crippen molar-refractivity contribution in [3.63, 3.8) is 0 Å². The first-order valence-corrected chi connectivity index (χ1v) is 5.79. The average Bonchev–Trinajstić information content (AvgIpc) is 2.61. The van der Waals surface area contributed by atoms with E-state index in [2.05, 4.69) is 0 Å². The van der Waals surface area contributed by atoms with Crippen LogP contribution in [0, 0.1) is 5.92 Å². The quantitative estimate of drug-likeness (QED) is 0.893. The highest BCUT2D eigenvalue weighted by Gasteiger charge is 2.34. The monoisotopic (exact) mass is 272 g/mol. The van der Waals surface area contributed by atoms with Crippen molar-refractivity contribution in [2.75, 3.05) is 11.4 Å². The fourth-order valence-electron chi connectivity index (χ4n) is 1.83. The van der Waals surface area contributed by atoms with Crippen LogP contribution in [-0.4, -0.2) is 18.4 Å². The van der Waals surface area contributed by atoms with Crippen molar-refractivity contribution in [2.45, 2.75) is 6.42 Å². The van der Waals surface area contributed by atoms with Crippen LogP contribution in [0.15, 0.2) is 18.2 Å². The molecule has 1 aromatic carbocycles. The lowest BCUT2D eigenvalue weighted by atomic mass is 10.1. The van der Waals surface area contributed by atoms with E-state index in [9.17, 15) is 9.59 Å². The number of hydrogen-bond acceptors (Lipinski definition) is 2. The number of benzene rings is 1. The Morgan fingerprint density at radius 2 is 2.12 bits per heavy atom. The first kappa shape index (κ1) is 12.2. The largest absolute Gasteiger partial charge is 0.369 e. The predicted octanol–water partition coefficient (Wildman–Crippen LogP) is 1.83. The van der Waals surface area contributed by atoms with Crippen LogP contribution in [0.25, 0.3) is 0 Å². The van der Waals surface area contributed by atoms with E-state index in [0.717, 1.165) is 0 Å². The number of carbonyl (C=O) groups excluding carboxylic acids is 2. The van der Waals surface area contributed by atoms with Gasteiger partial charge < -0.3 is 10.6 Å². The summed E-state index contributed by atoms with van der Waals surface area (Å²) in [7, 11) is 0. The van der Waals surface area contributed by atoms with Crippen LogP contribution in [0.4, 0.5) is 5.69 Å². The highest BCUT2D eigenvalue weighted by Crippen LogP contribution is 2.32. The highest BCUT2D eigenvalue weighted by molar-refractivity contribution is 6.36. The van der Waals surface area contributed by atoms with Gasteiger partial charge in [-0.25, -0.2) is 0 Å². The lowest BCUT2D eigenvalue weighted by Crippen LogP contribution is -2.28. The van der Waals surface area contributed by atoms with Gasteiger partial charge in [0.25, 0.3) is 0 Å². The van der Waals surface area contributed by atoms with Gasteiger partial charge >= 0.3 is 0 Å². The molecule has 4 nitrogen and oxygen atoms in total. The number of nitrogens with two attached hydrogens (primary N) is 1. The van der Waals surface area contributed by atoms with Gasteiger partial charge in [-0.2, -0.15) is 0 Å². The van der Waals surface area contributed by atoms with Crippen molar-refractivity contribution < 1.29 is 9.59 Å². The molecule has 1 aliphatic rings. The molecule has 0 unspecified atom stereocenters. The Bertz CT molecular complexity index is 490. The van der Waals surface area contributed by atoms with Gasteiger partial charge in [-0.3, -0.25) is 9.59 Å². The molecule has 6 heteroatoms. The van der Waals surface area contributed by atoms with Gasteiger partial charge in [0, 0.05) is 18.0 Å². The van der Waals surface area contributed by atoms with E-state index >= 15 is 0 Å². The minimum atomic E-state index is -0.467. The van der Waals surface area contributed by atoms with Gasteiger partial charge in [-0.15, -0.1) is 0 Å². The lowest BCUT2D eigenvalue weighted by molar-refractivity contribution is -0.123. The Hall–Kier alpha value is -1.26. The zero-order chi connectivity index (χ0) is 12.6. The van der Waals surface area contributed by atoms with Crippen LogP contribution in [0.3, 0.4) is 0 Å². The van der Waals surface area contributed by atoms with Crippen molar-refractivity contribution in [2.24, 2.45) is 11.7 Å². The number of carbonyl (C=O) groups is 2. The number of amides is 2. The zero-order valence-electron chi connectivity index (χ0n) is 8.82. The first-order valence-electron chi connectivity index (χ1n) is 5.04. The number of rotatable bonds is 2. The van der Waals surface area contributed by atoms with Crippen molar-refractivity contribution in [3.05, 3.63) is 28.2 Å². The second-order valence-electron chi connectivity index (χ2n) is 3.90. The summed E-state index contributed by atoms with van der Waals surface area (Å²) in [6.07, 6.45) is 0.133. The summed E-state index contributed by atoms with van der Waals surface area (Å²) < 4.78 is 0. The lowest BCUT2D eigenvalue weighted by Gasteiger charge is -2.17. The van der Waals surface area contributed by atoms with Crippen LogP contribution in [0.1, 0.15) is 6.42 Å². The molecule has 1 heterocycles. The summed E-state index contributed by atoms with van der Waals surface area (Å²) >= 11 is 11.8. The fraction of sp³-hybridized carbons (Fsp3) is 0.273. The van der Waals surface area contributed by atoms with Crippen LogP contribution < -0.4 is 10.6 Å². The van der Waals surface area contributed by atoms with E-state index < -0.39 is 11.8 Å². The smallest absolute Gasteiger partial charge is 0.227 e. The summed E-state index contributed by atoms with van der Waals surface area (Å²) in [4.78, 5) is 24.3. The summed E-state index contributed by atoms with van der Waals surface area (Å²) in [6, 6.07) is 4.86. The summed E-state index contributed by atoms with van der Waals surface area (Å²) in [5.41, 5.74) is 5.75. The van der Waals surface area contributed by atoms with Crippen LogP contribution in [0.5, 0.6) is 0 Å². The standard InChI is InChI=1S/C11H10Cl2N2O2/c12-7-1-2-9(8(13)4-7)15-5-6(11(14)17)3-10(15)16/h1-2,4,6H,3,5H2,(H2,14,17)/t6-/m0/s1. The van der Waals surface area contributed by atoms with Gasteiger partial charge in [-0.1, -0.05) is 23.2 Å². The second-order valence-corrected chi connectivity index (χ2v) is 4.75. The van der Waals surface area contributed by atoms with Crippen LogP contribution in [0.2, 0.25) is 10.0 Å². The van der Waals surface area contributed by atoms with Gasteiger partial charge in [0.2, 0.25) is 11.8 Å². The number of halogens is 2. The molecule has 0 bridgehead atoms. The highest BCUT2D eigenvalue weighted by atomic mass is 35.5. The third kappa shape index (κ3) is 2.37. The predicted molar refractivity (Wildman–Crippen MR) is 66.1 cm³/mol. The summed E-state index contributed by atoms with van der Waals surface area (Å²) in [6.45, 7) is 0.273. The maximum absolute atomic E-state index is 11.8. The molecule has 1 atom stereocenters. The molecule has 0 saturated carbocycles. The second kappa shape index (κ2) is 4.55. The fourth-order valence-corrected chi connectivity index (χ4v) is 2.34. The van der Waals surface area contributed by atoms with Crippen molar-refractivity contribution in [1.82, 2.24) is 0 Å². The molecule has 17 heavy (non-hydrogen) atoms. The van der Waals surface area contributed by atoms with Gasteiger partial charge in [0.05, 0.1) is 16.6 Å². The normalized spacial score (nSPS) is 19.8. The van der Waals surface area contributed by atoms with E-state index in [1.54, 1.807) is 18.2 Å². The number of anilines is 1. The molecule has 0 aromatic heterocycles. The minimum Gasteiger partial charge on any atom is -0.369 e. The molecule has 90 valence electrons. The average molecular weight is 273 g/mol. The zero-order valence-corrected chi connectivity index (χ0v) is 10.3. The van der Waals surface area contributed by atoms with Crippen molar-refractivity contribution in [3.8, 4) is 0 Å². The Labute approximate surface area is 108 Å². The van der Waals surface area contributed by atoms with Crippen LogP contribution in [-0.2, 0) is 9.59 Å². The molecule has 2 N–H and O–H groups in total. The Kier molecular flexibility index (Phi) is 3.26. The minimum absolute atomic E-state index is 0.133. The first-order chi connectivity index (χ1) is 7.99. The maximum atomic E-state index is 11.8. The van der Waals surface area contributed by atoms with E-state index in [1.165, 1.54) is 4.90 Å². The molecule has 2 rings (SSSR count). The molecule has 0 spiro atoms. The third-order valence-electron chi connectivity index (χ3n) is 2.73. The number of hydrogen-bond donors (Lipinski definition) is 1. The molecule has 1 aromatic rings. The molecule has 1 fully saturated rings. The Morgan fingerprint density at radius 3 is 2.65 bits per heavy atom. The van der Waals surface area contributed by atoms with Crippen molar-refractivity contribution in [1.29, 1.82) is 0 Å². The molecule has 1 aliphatic heterocycles. The third-order valence-corrected chi connectivity index (χ3v) is 3.27. The van der Waals surface area contributed by atoms with E-state index in [0.29, 0.717) is 15.7 Å². The number of nitrogens with zero attached hydrogens (tertiary/aromatic N) is 1. The summed E-state index contributed by atoms with van der Waals surface area (Å²) in [5.74, 6) is -1.07. The van der Waals surface area contributed by atoms with E-state index in [1.807, 2.05) is 0 Å². The number of primary amides is 1. The molecular formula is C11H10Cl2N2O2. The molecule has 2 amide bonds. The van der Waals surface area contributed by atoms with Gasteiger partial charge in [-0.05, 0) is 18.2 Å². The molecule has 0 radical (unpaired) electrons. The van der Waals surface area contributed by atoms with Gasteiger partial charge in [0.15, 0.2) is 0 Å². The summed E-state index contributed by atoms with van der Waals surface area (Å²) in [5, 5.41) is 0.882. The molecule has 1 saturated heterocycles. The van der Waals surface area contributed by atoms with Gasteiger partial charge in [0.1, 0.15) is 0 Å². The Balaban J connectivity index is 2.29. The SMILES string of the molecule is NC(=O)[C@H]1CC(=O)N(c2ccc(Cl)cc2Cl)C1. The Morgan fingerprint density at radius 1 is 1.41 bits per heavy atom.